The minimum Gasteiger partial charge on any atom is -0.476 e. The zero-order chi connectivity index (χ0) is 14.2. The molecule has 0 bridgehead atoms. The van der Waals surface area contributed by atoms with E-state index >= 15 is 0 Å². The van der Waals surface area contributed by atoms with Crippen molar-refractivity contribution in [2.45, 2.75) is 4.90 Å². The van der Waals surface area contributed by atoms with Crippen molar-refractivity contribution in [2.75, 3.05) is 5.73 Å². The number of rotatable bonds is 3. The minimum atomic E-state index is -3.83. The third-order valence-electron chi connectivity index (χ3n) is 2.23. The molecule has 0 spiro atoms. The molecule has 5 N–H and O–H groups in total. The normalized spacial score (nSPS) is 11.4. The Labute approximate surface area is 107 Å². The van der Waals surface area contributed by atoms with Gasteiger partial charge >= 0.3 is 5.97 Å². The topological polar surface area (TPSA) is 154 Å². The molecule has 2 rings (SSSR count). The number of primary sulfonamides is 1. The van der Waals surface area contributed by atoms with Gasteiger partial charge < -0.3 is 10.8 Å². The predicted molar refractivity (Wildman–Crippen MR) is 64.1 cm³/mol. The van der Waals surface area contributed by atoms with Crippen LogP contribution in [0.2, 0.25) is 0 Å². The predicted octanol–water partition coefficient (Wildman–Crippen LogP) is -0.805. The van der Waals surface area contributed by atoms with E-state index in [1.165, 1.54) is 18.3 Å². The van der Waals surface area contributed by atoms with E-state index in [1.807, 2.05) is 0 Å². The molecule has 10 heteroatoms. The second kappa shape index (κ2) is 4.33. The maximum Gasteiger partial charge on any atom is 0.358 e. The zero-order valence-corrected chi connectivity index (χ0v) is 10.2. The summed E-state index contributed by atoms with van der Waals surface area (Å²) in [5.74, 6) is -1.05. The third-order valence-corrected chi connectivity index (χ3v) is 3.13. The summed E-state index contributed by atoms with van der Waals surface area (Å²) < 4.78 is 23.2. The fourth-order valence-corrected chi connectivity index (χ4v) is 1.80. The maximum absolute atomic E-state index is 11.0. The summed E-state index contributed by atoms with van der Waals surface area (Å²) in [5, 5.41) is 17.5. The molecule has 2 aromatic rings. The molecule has 19 heavy (non-hydrogen) atoms. The molecule has 0 aliphatic carbocycles. The van der Waals surface area contributed by atoms with Crippen LogP contribution in [0.4, 0.5) is 5.69 Å². The first kappa shape index (κ1) is 13.0. The average Bonchev–Trinajstić information content (AvgIpc) is 2.70. The van der Waals surface area contributed by atoms with Crippen LogP contribution < -0.4 is 10.9 Å². The van der Waals surface area contributed by atoms with Gasteiger partial charge in [-0.2, -0.15) is 5.10 Å². The Bertz CT molecular complexity index is 734. The van der Waals surface area contributed by atoms with Crippen LogP contribution in [0.15, 0.2) is 29.4 Å². The molecule has 0 saturated carbocycles. The quantitative estimate of drug-likeness (QED) is 0.665. The number of anilines is 1. The molecule has 2 aromatic heterocycles. The first-order chi connectivity index (χ1) is 8.79. The fraction of sp³-hybridized carbons (Fsp3) is 0. The van der Waals surface area contributed by atoms with Gasteiger partial charge in [-0.3, -0.25) is 0 Å². The molecule has 0 aromatic carbocycles. The van der Waals surface area contributed by atoms with Crippen LogP contribution in [-0.4, -0.2) is 34.3 Å². The number of nitrogens with two attached hydrogens (primary N) is 2. The van der Waals surface area contributed by atoms with Gasteiger partial charge in [0.2, 0.25) is 10.0 Å². The molecule has 100 valence electrons. The van der Waals surface area contributed by atoms with E-state index < -0.39 is 16.0 Å². The Kier molecular flexibility index (Phi) is 2.96. The average molecular weight is 283 g/mol. The zero-order valence-electron chi connectivity index (χ0n) is 9.39. The van der Waals surface area contributed by atoms with Crippen LogP contribution in [-0.2, 0) is 10.0 Å². The SMILES string of the molecule is Nc1cn(-c2ccc(S(N)(=O)=O)cn2)nc1C(=O)O. The smallest absolute Gasteiger partial charge is 0.358 e. The summed E-state index contributed by atoms with van der Waals surface area (Å²) in [5.41, 5.74) is 5.14. The number of carboxylic acids is 1. The Balaban J connectivity index is 2.43. The highest BCUT2D eigenvalue weighted by Gasteiger charge is 2.15. The number of aromatic carboxylic acids is 1. The number of nitrogens with zero attached hydrogens (tertiary/aromatic N) is 3. The van der Waals surface area contributed by atoms with E-state index in [1.54, 1.807) is 0 Å². The van der Waals surface area contributed by atoms with E-state index in [0.717, 1.165) is 10.9 Å². The van der Waals surface area contributed by atoms with Crippen molar-refractivity contribution in [2.24, 2.45) is 5.14 Å². The largest absolute Gasteiger partial charge is 0.476 e. The van der Waals surface area contributed by atoms with E-state index in [-0.39, 0.29) is 22.1 Å². The molecular weight excluding hydrogens is 274 g/mol. The third kappa shape index (κ3) is 2.53. The van der Waals surface area contributed by atoms with Crippen LogP contribution >= 0.6 is 0 Å². The summed E-state index contributed by atoms with van der Waals surface area (Å²) in [6, 6.07) is 2.56. The molecule has 0 aliphatic heterocycles. The first-order valence-electron chi connectivity index (χ1n) is 4.86. The number of hydrogen-bond donors (Lipinski definition) is 3. The van der Waals surface area contributed by atoms with Gasteiger partial charge in [-0.15, -0.1) is 0 Å². The lowest BCUT2D eigenvalue weighted by Crippen LogP contribution is -2.12. The summed E-state index contributed by atoms with van der Waals surface area (Å²) >= 11 is 0. The second-order valence-electron chi connectivity index (χ2n) is 3.58. The highest BCUT2D eigenvalue weighted by atomic mass is 32.2. The maximum atomic E-state index is 11.0. The van der Waals surface area contributed by atoms with E-state index in [4.69, 9.17) is 16.0 Å². The van der Waals surface area contributed by atoms with Crippen LogP contribution in [0.3, 0.4) is 0 Å². The molecule has 0 unspecified atom stereocenters. The molecule has 0 fully saturated rings. The molecule has 0 aliphatic rings. The van der Waals surface area contributed by atoms with Gasteiger partial charge in [-0.05, 0) is 12.1 Å². The minimum absolute atomic E-state index is 0.0233. The van der Waals surface area contributed by atoms with Crippen molar-refractivity contribution in [3.8, 4) is 5.82 Å². The standard InChI is InChI=1S/C9H9N5O4S/c10-6-4-14(13-8(6)9(15)16)7-2-1-5(3-12-7)19(11,17)18/h1-4H,10H2,(H,15,16)(H2,11,17,18). The summed E-state index contributed by atoms with van der Waals surface area (Å²) in [4.78, 5) is 14.4. The highest BCUT2D eigenvalue weighted by molar-refractivity contribution is 7.89. The second-order valence-corrected chi connectivity index (χ2v) is 5.14. The molecule has 0 radical (unpaired) electrons. The van der Waals surface area contributed by atoms with Crippen molar-refractivity contribution in [3.05, 3.63) is 30.2 Å². The van der Waals surface area contributed by atoms with E-state index in [9.17, 15) is 13.2 Å². The van der Waals surface area contributed by atoms with Crippen LogP contribution in [0.1, 0.15) is 10.5 Å². The monoisotopic (exact) mass is 283 g/mol. The van der Waals surface area contributed by atoms with Crippen molar-refractivity contribution < 1.29 is 18.3 Å². The molecule has 0 saturated heterocycles. The molecular formula is C9H9N5O4S. The van der Waals surface area contributed by atoms with Crippen LogP contribution in [0, 0.1) is 0 Å². The van der Waals surface area contributed by atoms with Crippen molar-refractivity contribution in [1.82, 2.24) is 14.8 Å². The lowest BCUT2D eigenvalue weighted by Gasteiger charge is -2.01. The van der Waals surface area contributed by atoms with E-state index in [2.05, 4.69) is 10.1 Å². The Hall–Kier alpha value is -2.46. The van der Waals surface area contributed by atoms with Gasteiger partial charge in [0.05, 0.1) is 11.9 Å². The van der Waals surface area contributed by atoms with Gasteiger partial charge in [0, 0.05) is 6.20 Å². The summed E-state index contributed by atoms with van der Waals surface area (Å²) in [6.45, 7) is 0. The summed E-state index contributed by atoms with van der Waals surface area (Å²) in [6.07, 6.45) is 2.31. The van der Waals surface area contributed by atoms with Crippen molar-refractivity contribution in [3.63, 3.8) is 0 Å². The lowest BCUT2D eigenvalue weighted by molar-refractivity contribution is 0.0691. The van der Waals surface area contributed by atoms with Crippen molar-refractivity contribution in [1.29, 1.82) is 0 Å². The van der Waals surface area contributed by atoms with Crippen LogP contribution in [0.5, 0.6) is 0 Å². The lowest BCUT2D eigenvalue weighted by atomic mass is 10.4. The Morgan fingerprint density at radius 3 is 2.47 bits per heavy atom. The Morgan fingerprint density at radius 2 is 2.05 bits per heavy atom. The van der Waals surface area contributed by atoms with Gasteiger partial charge in [0.15, 0.2) is 11.5 Å². The van der Waals surface area contributed by atoms with Crippen LogP contribution in [0.25, 0.3) is 5.82 Å². The number of hydrogen-bond acceptors (Lipinski definition) is 6. The number of carbonyl (C=O) groups is 1. The molecule has 9 nitrogen and oxygen atoms in total. The first-order valence-corrected chi connectivity index (χ1v) is 6.41. The highest BCUT2D eigenvalue weighted by Crippen LogP contribution is 2.14. The molecule has 0 atom stereocenters. The van der Waals surface area contributed by atoms with Gasteiger partial charge in [-0.1, -0.05) is 0 Å². The number of nitrogen functional groups attached to an aromatic ring is 1. The molecule has 0 amide bonds. The Morgan fingerprint density at radius 1 is 1.37 bits per heavy atom. The molecule has 2 heterocycles. The number of carboxylic acid groups (broad SMARTS) is 1. The number of aromatic nitrogens is 3. The summed E-state index contributed by atoms with van der Waals surface area (Å²) in [7, 11) is -3.83. The van der Waals surface area contributed by atoms with Gasteiger partial charge in [-0.25, -0.2) is 28.0 Å². The fourth-order valence-electron chi connectivity index (χ4n) is 1.35. The number of pyridine rings is 1. The van der Waals surface area contributed by atoms with E-state index in [0.29, 0.717) is 0 Å². The number of sulfonamides is 1. The van der Waals surface area contributed by atoms with Crippen molar-refractivity contribution >= 4 is 21.7 Å². The van der Waals surface area contributed by atoms with Gasteiger partial charge in [0.1, 0.15) is 4.90 Å². The van der Waals surface area contributed by atoms with Gasteiger partial charge in [0.25, 0.3) is 0 Å².